The van der Waals surface area contributed by atoms with Crippen LogP contribution >= 0.6 is 0 Å². The summed E-state index contributed by atoms with van der Waals surface area (Å²) >= 11 is 0. The second-order valence-electron chi connectivity index (χ2n) is 14.1. The van der Waals surface area contributed by atoms with Gasteiger partial charge in [0.05, 0.1) is 0 Å². The van der Waals surface area contributed by atoms with Gasteiger partial charge in [-0.25, -0.2) is 0 Å². The van der Waals surface area contributed by atoms with Gasteiger partial charge >= 0.3 is 0 Å². The molecule has 0 saturated carbocycles. The van der Waals surface area contributed by atoms with E-state index in [0.717, 1.165) is 17.1 Å². The number of fused-ring (bicyclic) bond motifs is 4. The molecule has 55 heavy (non-hydrogen) atoms. The summed E-state index contributed by atoms with van der Waals surface area (Å²) in [6.45, 7) is 0. The topological polar surface area (TPSA) is 3.24 Å². The van der Waals surface area contributed by atoms with Gasteiger partial charge < -0.3 is 4.90 Å². The van der Waals surface area contributed by atoms with Gasteiger partial charge in [0.25, 0.3) is 0 Å². The van der Waals surface area contributed by atoms with Crippen LogP contribution in [0.3, 0.4) is 0 Å². The van der Waals surface area contributed by atoms with Gasteiger partial charge in [-0.2, -0.15) is 0 Å². The average Bonchev–Trinajstić information content (AvgIpc) is 3.27. The lowest BCUT2D eigenvalue weighted by Crippen LogP contribution is -2.10. The van der Waals surface area contributed by atoms with Gasteiger partial charge in [0.2, 0.25) is 0 Å². The van der Waals surface area contributed by atoms with Gasteiger partial charge in [-0.15, -0.1) is 0 Å². The molecule has 10 rings (SSSR count). The van der Waals surface area contributed by atoms with E-state index in [0.29, 0.717) is 0 Å². The van der Waals surface area contributed by atoms with Crippen molar-refractivity contribution >= 4 is 49.4 Å². The Morgan fingerprint density at radius 3 is 1.33 bits per heavy atom. The fourth-order valence-electron chi connectivity index (χ4n) is 8.18. The highest BCUT2D eigenvalue weighted by atomic mass is 15.1. The van der Waals surface area contributed by atoms with E-state index < -0.39 is 0 Å². The van der Waals surface area contributed by atoms with E-state index in [1.807, 2.05) is 0 Å². The molecule has 0 atom stereocenters. The molecule has 0 fully saturated rings. The van der Waals surface area contributed by atoms with Crippen LogP contribution in [0.4, 0.5) is 17.1 Å². The Balaban J connectivity index is 1.21. The van der Waals surface area contributed by atoms with E-state index in [9.17, 15) is 0 Å². The van der Waals surface area contributed by atoms with Gasteiger partial charge in [0.1, 0.15) is 0 Å². The van der Waals surface area contributed by atoms with Crippen molar-refractivity contribution in [3.05, 3.63) is 224 Å². The molecular weight excluding hydrogens is 663 g/mol. The molecule has 0 saturated heterocycles. The molecule has 0 amide bonds. The summed E-state index contributed by atoms with van der Waals surface area (Å²) in [6.07, 6.45) is 0. The zero-order chi connectivity index (χ0) is 36.6. The number of rotatable bonds is 7. The van der Waals surface area contributed by atoms with E-state index in [1.165, 1.54) is 76.8 Å². The molecule has 10 aromatic rings. The van der Waals surface area contributed by atoms with Crippen molar-refractivity contribution in [3.63, 3.8) is 0 Å². The van der Waals surface area contributed by atoms with Gasteiger partial charge in [-0.05, 0) is 119 Å². The fraction of sp³-hybridized carbons (Fsp3) is 0. The standard InChI is InChI=1S/C54H37N/c1-3-14-38(15-4-1)40-26-30-44(31-27-40)55(45-32-28-41(29-33-45)39-16-5-2-6-17-39)46-34-35-52(54(37-46)50-25-13-20-42-18-7-9-21-47(42)50)53-36-43-19-8-10-22-48(43)49-23-11-12-24-51(49)53/h1-37H. The molecule has 0 aliphatic heterocycles. The van der Waals surface area contributed by atoms with Gasteiger partial charge in [0.15, 0.2) is 0 Å². The average molecular weight is 700 g/mol. The molecule has 0 radical (unpaired) electrons. The third-order valence-electron chi connectivity index (χ3n) is 10.9. The van der Waals surface area contributed by atoms with Crippen molar-refractivity contribution in [1.82, 2.24) is 0 Å². The van der Waals surface area contributed by atoms with Gasteiger partial charge in [-0.1, -0.05) is 182 Å². The number of benzene rings is 10. The Morgan fingerprint density at radius 2 is 0.691 bits per heavy atom. The third kappa shape index (κ3) is 6.02. The van der Waals surface area contributed by atoms with Crippen molar-refractivity contribution in [2.75, 3.05) is 4.90 Å². The first-order valence-electron chi connectivity index (χ1n) is 18.9. The van der Waals surface area contributed by atoms with Crippen LogP contribution in [0.15, 0.2) is 224 Å². The van der Waals surface area contributed by atoms with Crippen LogP contribution in [0.2, 0.25) is 0 Å². The highest BCUT2D eigenvalue weighted by Gasteiger charge is 2.19. The Hall–Kier alpha value is -7.22. The molecule has 0 aromatic heterocycles. The largest absolute Gasteiger partial charge is 0.310 e. The molecule has 1 heteroatoms. The molecule has 0 aliphatic carbocycles. The number of nitrogens with zero attached hydrogens (tertiary/aromatic N) is 1. The van der Waals surface area contributed by atoms with E-state index in [-0.39, 0.29) is 0 Å². The van der Waals surface area contributed by atoms with Crippen molar-refractivity contribution in [3.8, 4) is 44.5 Å². The van der Waals surface area contributed by atoms with Crippen LogP contribution in [-0.4, -0.2) is 0 Å². The molecular formula is C54H37N. The molecule has 0 N–H and O–H groups in total. The van der Waals surface area contributed by atoms with E-state index in [1.54, 1.807) is 0 Å². The lowest BCUT2D eigenvalue weighted by Gasteiger charge is -2.27. The number of hydrogen-bond donors (Lipinski definition) is 0. The third-order valence-corrected chi connectivity index (χ3v) is 10.9. The lowest BCUT2D eigenvalue weighted by molar-refractivity contribution is 1.28. The van der Waals surface area contributed by atoms with Crippen LogP contribution in [0, 0.1) is 0 Å². The molecule has 0 spiro atoms. The quantitative estimate of drug-likeness (QED) is 0.150. The summed E-state index contributed by atoms with van der Waals surface area (Å²) in [4.78, 5) is 2.39. The highest BCUT2D eigenvalue weighted by molar-refractivity contribution is 6.15. The second kappa shape index (κ2) is 14.0. The van der Waals surface area contributed by atoms with Gasteiger partial charge in [0, 0.05) is 17.1 Å². The van der Waals surface area contributed by atoms with Gasteiger partial charge in [-0.3, -0.25) is 0 Å². The second-order valence-corrected chi connectivity index (χ2v) is 14.1. The summed E-state index contributed by atoms with van der Waals surface area (Å²) in [7, 11) is 0. The molecule has 0 unspecified atom stereocenters. The fourth-order valence-corrected chi connectivity index (χ4v) is 8.18. The minimum Gasteiger partial charge on any atom is -0.310 e. The van der Waals surface area contributed by atoms with Crippen molar-refractivity contribution in [2.24, 2.45) is 0 Å². The predicted octanol–water partition coefficient (Wildman–Crippen LogP) is 15.3. The van der Waals surface area contributed by atoms with Crippen molar-refractivity contribution in [2.45, 2.75) is 0 Å². The van der Waals surface area contributed by atoms with Crippen LogP contribution in [-0.2, 0) is 0 Å². The maximum atomic E-state index is 2.40. The van der Waals surface area contributed by atoms with Crippen molar-refractivity contribution < 1.29 is 0 Å². The zero-order valence-corrected chi connectivity index (χ0v) is 30.3. The van der Waals surface area contributed by atoms with Crippen LogP contribution < -0.4 is 4.90 Å². The summed E-state index contributed by atoms with van der Waals surface area (Å²) in [5.41, 5.74) is 12.9. The lowest BCUT2D eigenvalue weighted by atomic mass is 9.87. The summed E-state index contributed by atoms with van der Waals surface area (Å²) < 4.78 is 0. The first kappa shape index (κ1) is 32.4. The van der Waals surface area contributed by atoms with Crippen LogP contribution in [0.25, 0.3) is 76.8 Å². The smallest absolute Gasteiger partial charge is 0.0468 e. The maximum absolute atomic E-state index is 2.40. The normalized spacial score (nSPS) is 11.3. The minimum absolute atomic E-state index is 1.09. The minimum atomic E-state index is 1.09. The molecule has 1 nitrogen and oxygen atoms in total. The monoisotopic (exact) mass is 699 g/mol. The predicted molar refractivity (Wildman–Crippen MR) is 235 cm³/mol. The highest BCUT2D eigenvalue weighted by Crippen LogP contribution is 2.45. The Morgan fingerprint density at radius 1 is 0.218 bits per heavy atom. The molecule has 258 valence electrons. The van der Waals surface area contributed by atoms with Crippen molar-refractivity contribution in [1.29, 1.82) is 0 Å². The first-order chi connectivity index (χ1) is 27.3. The van der Waals surface area contributed by atoms with E-state index in [4.69, 9.17) is 0 Å². The van der Waals surface area contributed by atoms with Crippen LogP contribution in [0.5, 0.6) is 0 Å². The Kier molecular flexibility index (Phi) is 8.24. The Labute approximate surface area is 322 Å². The maximum Gasteiger partial charge on any atom is 0.0468 e. The molecule has 0 aliphatic rings. The molecule has 0 bridgehead atoms. The Bertz CT molecular complexity index is 2860. The summed E-state index contributed by atoms with van der Waals surface area (Å²) in [5, 5.41) is 7.49. The molecule has 0 heterocycles. The number of hydrogen-bond acceptors (Lipinski definition) is 1. The van der Waals surface area contributed by atoms with E-state index in [2.05, 4.69) is 229 Å². The zero-order valence-electron chi connectivity index (χ0n) is 30.3. The summed E-state index contributed by atoms with van der Waals surface area (Å²) in [5.74, 6) is 0. The summed E-state index contributed by atoms with van der Waals surface area (Å²) in [6, 6.07) is 81.5. The first-order valence-corrected chi connectivity index (χ1v) is 18.9. The van der Waals surface area contributed by atoms with Crippen LogP contribution in [0.1, 0.15) is 0 Å². The van der Waals surface area contributed by atoms with E-state index >= 15 is 0 Å². The number of anilines is 3. The molecule has 10 aromatic carbocycles. The SMILES string of the molecule is c1ccc(-c2ccc(N(c3ccc(-c4ccccc4)cc3)c3ccc(-c4cc5ccccc5c5ccccc45)c(-c4cccc5ccccc45)c3)cc2)cc1.